The van der Waals surface area contributed by atoms with Crippen molar-refractivity contribution in [2.24, 2.45) is 11.5 Å². The highest BCUT2D eigenvalue weighted by molar-refractivity contribution is 5.49. The summed E-state index contributed by atoms with van der Waals surface area (Å²) in [6, 6.07) is 0.796. The largest absolute Gasteiger partial charge is 0.389 e. The Kier molecular flexibility index (Phi) is 13.4. The summed E-state index contributed by atoms with van der Waals surface area (Å²) in [4.78, 5) is 8.92. The topological polar surface area (TPSA) is 89.3 Å². The number of aliphatic hydroxyl groups excluding tert-OH is 1. The average molecular weight is 194 g/mol. The van der Waals surface area contributed by atoms with Gasteiger partial charge in [0.25, 0.3) is 0 Å². The van der Waals surface area contributed by atoms with Crippen molar-refractivity contribution in [3.05, 3.63) is 0 Å². The van der Waals surface area contributed by atoms with Crippen molar-refractivity contribution in [3.63, 3.8) is 0 Å². The molecule has 0 bridgehead atoms. The first-order valence-corrected chi connectivity index (χ1v) is 4.76. The van der Waals surface area contributed by atoms with E-state index in [-0.39, 0.29) is 9.46 Å². The first-order chi connectivity index (χ1) is 6.20. The fourth-order valence-corrected chi connectivity index (χ4v) is 1.05. The van der Waals surface area contributed by atoms with Crippen molar-refractivity contribution in [2.45, 2.75) is 45.2 Å². The van der Waals surface area contributed by atoms with Crippen molar-refractivity contribution in [2.75, 3.05) is 6.61 Å². The van der Waals surface area contributed by atoms with Gasteiger partial charge in [-0.2, -0.15) is 0 Å². The number of aldehydes is 1. The van der Waals surface area contributed by atoms with Crippen LogP contribution in [-0.4, -0.2) is 30.1 Å². The molecule has 0 saturated heterocycles. The highest BCUT2D eigenvalue weighted by Gasteiger charge is 2.16. The predicted octanol–water partition coefficient (Wildman–Crippen LogP) is 0.521. The van der Waals surface area contributed by atoms with E-state index in [9.17, 15) is 0 Å². The zero-order valence-electron chi connectivity index (χ0n) is 8.57. The van der Waals surface area contributed by atoms with Crippen LogP contribution in [0.5, 0.6) is 0 Å². The summed E-state index contributed by atoms with van der Waals surface area (Å²) in [6.45, 7) is 3.64. The molecule has 1 saturated carbocycles. The first kappa shape index (κ1) is 15.0. The maximum Gasteiger partial charge on any atom is 0.145 e. The molecule has 1 aliphatic rings. The lowest BCUT2D eigenvalue weighted by Gasteiger charge is -1.97. The van der Waals surface area contributed by atoms with Crippen LogP contribution in [0, 0.1) is 0 Å². The minimum Gasteiger partial charge on any atom is -0.389 e. The van der Waals surface area contributed by atoms with Crippen LogP contribution in [0.25, 0.3) is 0 Å². The SMILES string of the molecule is CC.N[C@H]1CC[C@H](N)C1.O=CCO.[HH].[HH]. The number of aliphatic hydroxyl groups is 1. The van der Waals surface area contributed by atoms with Gasteiger partial charge in [0.15, 0.2) is 0 Å². The Balaban J connectivity index is -0.0000000674. The number of rotatable bonds is 1. The second-order valence-corrected chi connectivity index (χ2v) is 2.68. The van der Waals surface area contributed by atoms with E-state index < -0.39 is 0 Å². The monoisotopic (exact) mass is 194 g/mol. The van der Waals surface area contributed by atoms with E-state index in [1.54, 1.807) is 0 Å². The second-order valence-electron chi connectivity index (χ2n) is 2.68. The third-order valence-corrected chi connectivity index (χ3v) is 1.59. The summed E-state index contributed by atoms with van der Waals surface area (Å²) < 4.78 is 0. The van der Waals surface area contributed by atoms with Crippen molar-refractivity contribution in [1.29, 1.82) is 0 Å². The Morgan fingerprint density at radius 1 is 1.38 bits per heavy atom. The van der Waals surface area contributed by atoms with Gasteiger partial charge in [-0.15, -0.1) is 0 Å². The van der Waals surface area contributed by atoms with E-state index in [0.29, 0.717) is 18.4 Å². The summed E-state index contributed by atoms with van der Waals surface area (Å²) in [5, 5.41) is 7.51. The zero-order chi connectivity index (χ0) is 10.7. The van der Waals surface area contributed by atoms with Crippen LogP contribution < -0.4 is 11.5 Å². The van der Waals surface area contributed by atoms with Gasteiger partial charge >= 0.3 is 0 Å². The molecule has 0 aromatic rings. The van der Waals surface area contributed by atoms with Gasteiger partial charge in [0.1, 0.15) is 6.29 Å². The van der Waals surface area contributed by atoms with Gasteiger partial charge < -0.3 is 21.4 Å². The van der Waals surface area contributed by atoms with E-state index in [4.69, 9.17) is 21.4 Å². The van der Waals surface area contributed by atoms with Crippen LogP contribution in [0.15, 0.2) is 0 Å². The molecule has 0 aromatic carbocycles. The Labute approximate surface area is 83.3 Å². The molecular weight excluding hydrogens is 168 g/mol. The van der Waals surface area contributed by atoms with Gasteiger partial charge in [-0.05, 0) is 19.3 Å². The van der Waals surface area contributed by atoms with Gasteiger partial charge in [-0.25, -0.2) is 0 Å². The molecule has 2 atom stereocenters. The minimum atomic E-state index is -0.361. The summed E-state index contributed by atoms with van der Waals surface area (Å²) >= 11 is 0. The third kappa shape index (κ3) is 11.5. The molecule has 0 radical (unpaired) electrons. The zero-order valence-corrected chi connectivity index (χ0v) is 8.57. The van der Waals surface area contributed by atoms with E-state index in [1.165, 1.54) is 0 Å². The number of carbonyl (C=O) groups excluding carboxylic acids is 1. The Hall–Kier alpha value is -0.450. The molecule has 0 unspecified atom stereocenters. The van der Waals surface area contributed by atoms with E-state index in [0.717, 1.165) is 19.3 Å². The predicted molar refractivity (Wildman–Crippen MR) is 58.5 cm³/mol. The number of hydrogen-bond donors (Lipinski definition) is 3. The van der Waals surface area contributed by atoms with E-state index >= 15 is 0 Å². The lowest BCUT2D eigenvalue weighted by molar-refractivity contribution is -0.110. The van der Waals surface area contributed by atoms with Crippen LogP contribution in [-0.2, 0) is 4.79 Å². The Bertz CT molecular complexity index is 110. The summed E-state index contributed by atoms with van der Waals surface area (Å²) in [6.07, 6.45) is 3.71. The van der Waals surface area contributed by atoms with Crippen LogP contribution in [0.1, 0.15) is 36.0 Å². The molecule has 5 N–H and O–H groups in total. The highest BCUT2D eigenvalue weighted by atomic mass is 16.3. The molecule has 0 heterocycles. The molecule has 1 fully saturated rings. The highest BCUT2D eigenvalue weighted by Crippen LogP contribution is 2.13. The molecule has 1 aliphatic carbocycles. The number of carbonyl (C=O) groups is 1. The van der Waals surface area contributed by atoms with Gasteiger partial charge in [-0.3, -0.25) is 0 Å². The molecule has 1 rings (SSSR count). The number of nitrogens with two attached hydrogens (primary N) is 2. The van der Waals surface area contributed by atoms with Crippen LogP contribution in [0.4, 0.5) is 0 Å². The standard InChI is InChI=1S/C5H12N2.C2H4O2.C2H6.2H2/c6-4-1-2-5(7)3-4;3-1-2-4;1-2;;/h4-5H,1-3,6-7H2;1,4H,2H2;1-2H3;2*1H/t4-,5-;;;;/m0..../s1. The molecule has 4 nitrogen and oxygen atoms in total. The maximum atomic E-state index is 8.92. The Morgan fingerprint density at radius 2 is 1.69 bits per heavy atom. The smallest absolute Gasteiger partial charge is 0.145 e. The fraction of sp³-hybridized carbons (Fsp3) is 0.889. The molecule has 0 aromatic heterocycles. The molecule has 84 valence electrons. The number of hydrogen-bond acceptors (Lipinski definition) is 4. The van der Waals surface area contributed by atoms with Crippen molar-refractivity contribution < 1.29 is 12.8 Å². The summed E-state index contributed by atoms with van der Waals surface area (Å²) in [5.41, 5.74) is 11.1. The lowest BCUT2D eigenvalue weighted by Crippen LogP contribution is -2.20. The quantitative estimate of drug-likeness (QED) is 0.531. The Morgan fingerprint density at radius 3 is 1.77 bits per heavy atom. The molecule has 0 amide bonds. The summed E-state index contributed by atoms with van der Waals surface area (Å²) in [7, 11) is 0. The molecule has 13 heavy (non-hydrogen) atoms. The molecule has 0 aliphatic heterocycles. The first-order valence-electron chi connectivity index (χ1n) is 4.76. The molecule has 0 spiro atoms. The van der Waals surface area contributed by atoms with Crippen LogP contribution >= 0.6 is 0 Å². The van der Waals surface area contributed by atoms with Crippen LogP contribution in [0.3, 0.4) is 0 Å². The average Bonchev–Trinajstić information content (AvgIpc) is 2.54. The normalized spacial score (nSPS) is 25.0. The van der Waals surface area contributed by atoms with Gasteiger partial charge in [0, 0.05) is 14.9 Å². The van der Waals surface area contributed by atoms with Gasteiger partial charge in [-0.1, -0.05) is 13.8 Å². The van der Waals surface area contributed by atoms with Crippen molar-refractivity contribution in [3.8, 4) is 0 Å². The van der Waals surface area contributed by atoms with E-state index in [1.807, 2.05) is 13.8 Å². The fourth-order valence-electron chi connectivity index (χ4n) is 1.05. The van der Waals surface area contributed by atoms with Gasteiger partial charge in [0.2, 0.25) is 0 Å². The summed E-state index contributed by atoms with van der Waals surface area (Å²) in [5.74, 6) is 0. The molecule has 4 heteroatoms. The third-order valence-electron chi connectivity index (χ3n) is 1.59. The van der Waals surface area contributed by atoms with Crippen molar-refractivity contribution >= 4 is 6.29 Å². The molecular formula is C9H26N2O2. The van der Waals surface area contributed by atoms with Crippen molar-refractivity contribution in [1.82, 2.24) is 0 Å². The lowest BCUT2D eigenvalue weighted by atomic mass is 10.2. The van der Waals surface area contributed by atoms with Gasteiger partial charge in [0.05, 0.1) is 6.61 Å². The van der Waals surface area contributed by atoms with E-state index in [2.05, 4.69) is 0 Å². The maximum absolute atomic E-state index is 8.92. The minimum absolute atomic E-state index is 0. The van der Waals surface area contributed by atoms with Crippen LogP contribution in [0.2, 0.25) is 0 Å². The second kappa shape index (κ2) is 11.6.